The fraction of sp³-hybridized carbons (Fsp3) is 0.581. The van der Waals surface area contributed by atoms with E-state index in [0.29, 0.717) is 12.8 Å². The molecule has 12 atom stereocenters. The number of aromatic amines is 2. The molecule has 0 spiro atoms. The molecule has 4 aliphatic heterocycles. The number of aromatic nitrogens is 4. The Morgan fingerprint density at radius 3 is 1.86 bits per heavy atom. The van der Waals surface area contributed by atoms with Crippen molar-refractivity contribution in [1.82, 2.24) is 19.9 Å². The summed E-state index contributed by atoms with van der Waals surface area (Å²) in [5, 5.41) is 81.8. The highest BCUT2D eigenvalue weighted by atomic mass is 16.7. The first-order valence-corrected chi connectivity index (χ1v) is 20.4. The first-order chi connectivity index (χ1) is 28.2. The van der Waals surface area contributed by atoms with Gasteiger partial charge in [-0.15, -0.1) is 0 Å². The van der Waals surface area contributed by atoms with Crippen molar-refractivity contribution in [3.05, 3.63) is 68.8 Å². The number of allylic oxidation sites excluding steroid dienone is 1. The van der Waals surface area contributed by atoms with Crippen molar-refractivity contribution in [1.29, 1.82) is 0 Å². The van der Waals surface area contributed by atoms with Crippen LogP contribution < -0.4 is 0 Å². The molecule has 2 fully saturated rings. The molecular formula is C43H58N4O12. The summed E-state index contributed by atoms with van der Waals surface area (Å²) in [5.74, 6) is -0.0937. The fourth-order valence-electron chi connectivity index (χ4n) is 8.72. The van der Waals surface area contributed by atoms with E-state index >= 15 is 0 Å². The lowest BCUT2D eigenvalue weighted by atomic mass is 9.86. The normalized spacial score (nSPS) is 31.1. The molecule has 0 aliphatic carbocycles. The van der Waals surface area contributed by atoms with E-state index < -0.39 is 74.6 Å². The van der Waals surface area contributed by atoms with Gasteiger partial charge in [-0.25, -0.2) is 4.98 Å². The van der Waals surface area contributed by atoms with Gasteiger partial charge in [-0.05, 0) is 99.1 Å². The molecular weight excluding hydrogens is 764 g/mol. The standard InChI is InChI=1S/C43H58N4O12/c1-7-23-19(3)29-14-32-25(17-57-43-41(55)39(53)37(51)34(16-49)59-43)21(5)28(46-32)13-30-20(4)24(9-8-10-56-42-40(54)38(52)36(50)33(15-48)58-42)35(47-30)22(6)27-11-18(2)26(44-27)12-31(23)45-29/h11-14,20,24,33-34,36-43,45-46,48-55H,7-10,15-17H2,1-6H3/t20?,24-,33+,34+,36+,37+,38-,39?,40+,41+,42+,43+/m0/s1. The molecule has 0 amide bonds. The van der Waals surface area contributed by atoms with E-state index in [1.807, 2.05) is 32.9 Å². The van der Waals surface area contributed by atoms with Crippen molar-refractivity contribution < 1.29 is 59.8 Å². The van der Waals surface area contributed by atoms with Crippen LogP contribution in [-0.4, -0.2) is 142 Å². The summed E-state index contributed by atoms with van der Waals surface area (Å²) in [5.41, 5.74) is 12.6. The summed E-state index contributed by atoms with van der Waals surface area (Å²) in [6.07, 6.45) is -9.74. The number of aryl methyl sites for hydroxylation is 3. The molecule has 8 bridgehead atoms. The molecule has 16 nitrogen and oxygen atoms in total. The van der Waals surface area contributed by atoms with Gasteiger partial charge in [-0.2, -0.15) is 0 Å². The van der Waals surface area contributed by atoms with E-state index in [1.165, 1.54) is 0 Å². The minimum Gasteiger partial charge on any atom is -0.394 e. The molecule has 0 radical (unpaired) electrons. The second kappa shape index (κ2) is 17.8. The Kier molecular flexibility index (Phi) is 13.1. The molecule has 0 aromatic carbocycles. The third kappa shape index (κ3) is 8.26. The summed E-state index contributed by atoms with van der Waals surface area (Å²) in [4.78, 5) is 17.6. The number of aliphatic hydroxyl groups excluding tert-OH is 8. The van der Waals surface area contributed by atoms with Crippen LogP contribution in [0.1, 0.15) is 96.0 Å². The average molecular weight is 823 g/mol. The largest absolute Gasteiger partial charge is 0.394 e. The van der Waals surface area contributed by atoms with Crippen LogP contribution in [0, 0.1) is 20.8 Å². The quantitative estimate of drug-likeness (QED) is 0.125. The molecule has 7 heterocycles. The molecule has 4 aliphatic rings. The molecule has 2 saturated heterocycles. The van der Waals surface area contributed by atoms with Crippen molar-refractivity contribution in [2.75, 3.05) is 19.8 Å². The molecule has 59 heavy (non-hydrogen) atoms. The third-order valence-corrected chi connectivity index (χ3v) is 12.6. The summed E-state index contributed by atoms with van der Waals surface area (Å²) >= 11 is 0. The Balaban J connectivity index is 1.29. The van der Waals surface area contributed by atoms with Crippen LogP contribution in [0.4, 0.5) is 0 Å². The third-order valence-electron chi connectivity index (χ3n) is 12.6. The number of ether oxygens (including phenoxy) is 4. The number of nitrogens with zero attached hydrogens (tertiary/aromatic N) is 2. The van der Waals surface area contributed by atoms with Crippen molar-refractivity contribution in [2.24, 2.45) is 0 Å². The monoisotopic (exact) mass is 822 g/mol. The average Bonchev–Trinajstić information content (AvgIpc) is 3.92. The maximum atomic E-state index is 10.7. The van der Waals surface area contributed by atoms with Crippen molar-refractivity contribution in [2.45, 2.75) is 141 Å². The highest BCUT2D eigenvalue weighted by Crippen LogP contribution is 2.42. The van der Waals surface area contributed by atoms with E-state index in [4.69, 9.17) is 28.9 Å². The van der Waals surface area contributed by atoms with Crippen LogP contribution in [0.2, 0.25) is 0 Å². The maximum absolute atomic E-state index is 10.7. The lowest BCUT2D eigenvalue weighted by Gasteiger charge is -2.39. The zero-order valence-corrected chi connectivity index (χ0v) is 34.3. The summed E-state index contributed by atoms with van der Waals surface area (Å²) in [6.45, 7) is 11.4. The summed E-state index contributed by atoms with van der Waals surface area (Å²) < 4.78 is 23.2. The van der Waals surface area contributed by atoms with Crippen LogP contribution in [0.5, 0.6) is 0 Å². The highest BCUT2D eigenvalue weighted by molar-refractivity contribution is 5.85. The lowest BCUT2D eigenvalue weighted by Crippen LogP contribution is -2.59. The van der Waals surface area contributed by atoms with E-state index in [1.54, 1.807) is 0 Å². The lowest BCUT2D eigenvalue weighted by molar-refractivity contribution is -0.304. The van der Waals surface area contributed by atoms with Crippen LogP contribution in [0.15, 0.2) is 18.2 Å². The van der Waals surface area contributed by atoms with Gasteiger partial charge in [-0.1, -0.05) is 13.8 Å². The van der Waals surface area contributed by atoms with Crippen LogP contribution >= 0.6 is 0 Å². The molecule has 2 unspecified atom stereocenters. The van der Waals surface area contributed by atoms with Gasteiger partial charge in [0, 0.05) is 57.5 Å². The van der Waals surface area contributed by atoms with Crippen LogP contribution in [0.25, 0.3) is 33.7 Å². The zero-order chi connectivity index (χ0) is 42.4. The molecule has 3 aromatic rings. The molecule has 322 valence electrons. The van der Waals surface area contributed by atoms with Gasteiger partial charge in [-0.3, -0.25) is 4.98 Å². The molecule has 10 N–H and O–H groups in total. The molecule has 3 aromatic heterocycles. The number of hydrogen-bond donors (Lipinski definition) is 10. The number of rotatable bonds is 11. The van der Waals surface area contributed by atoms with Crippen LogP contribution in [-0.2, 0) is 32.0 Å². The first kappa shape index (κ1) is 43.5. The van der Waals surface area contributed by atoms with E-state index in [9.17, 15) is 40.9 Å². The van der Waals surface area contributed by atoms with E-state index in [-0.39, 0.29) is 25.0 Å². The van der Waals surface area contributed by atoms with Crippen molar-refractivity contribution in [3.63, 3.8) is 0 Å². The van der Waals surface area contributed by atoms with Gasteiger partial charge in [0.2, 0.25) is 0 Å². The predicted octanol–water partition coefficient (Wildman–Crippen LogP) is 2.16. The first-order valence-electron chi connectivity index (χ1n) is 20.4. The number of aliphatic hydroxyl groups is 8. The van der Waals surface area contributed by atoms with Gasteiger partial charge < -0.3 is 69.8 Å². The van der Waals surface area contributed by atoms with Gasteiger partial charge in [0.15, 0.2) is 12.6 Å². The van der Waals surface area contributed by atoms with Crippen molar-refractivity contribution in [3.8, 4) is 0 Å². The second-order valence-electron chi connectivity index (χ2n) is 16.3. The minimum atomic E-state index is -1.57. The van der Waals surface area contributed by atoms with E-state index in [2.05, 4.69) is 42.9 Å². The smallest absolute Gasteiger partial charge is 0.187 e. The second-order valence-corrected chi connectivity index (χ2v) is 16.3. The summed E-state index contributed by atoms with van der Waals surface area (Å²) in [7, 11) is 0. The fourth-order valence-corrected chi connectivity index (χ4v) is 8.72. The molecule has 7 rings (SSSR count). The Morgan fingerprint density at radius 1 is 0.678 bits per heavy atom. The Morgan fingerprint density at radius 2 is 1.25 bits per heavy atom. The number of H-pyrrole nitrogens is 2. The Bertz CT molecular complexity index is 2200. The number of fused-ring (bicyclic) bond motifs is 8. The summed E-state index contributed by atoms with van der Waals surface area (Å²) in [6, 6.07) is 6.14. The van der Waals surface area contributed by atoms with Gasteiger partial charge in [0.05, 0.1) is 31.2 Å². The zero-order valence-electron chi connectivity index (χ0n) is 34.3. The van der Waals surface area contributed by atoms with Gasteiger partial charge in [0.25, 0.3) is 0 Å². The number of hydrogen-bond acceptors (Lipinski definition) is 14. The topological polar surface area (TPSA) is 256 Å². The SMILES string of the molecule is CCc1c(C)c2cc3[nH]c(cc4nc(c(C)c5nc(cc1[nH]2)C(C)=C5)[C@@H](CCCO[C@@H]1O[C@H](CO)[C@@H](O)[C@H](O)[C@H]1O)C4C)c(C)c3CO[C@@H]1O[C@H](CO)[C@@H](O)C(O)[C@H]1O. The van der Waals surface area contributed by atoms with Crippen LogP contribution in [0.3, 0.4) is 0 Å². The molecule has 16 heteroatoms. The van der Waals surface area contributed by atoms with Crippen molar-refractivity contribution >= 4 is 33.7 Å². The number of nitrogens with one attached hydrogen (secondary N) is 2. The van der Waals surface area contributed by atoms with Gasteiger partial charge in [0.1, 0.15) is 48.8 Å². The highest BCUT2D eigenvalue weighted by Gasteiger charge is 2.45. The Hall–Kier alpha value is -3.62. The predicted molar refractivity (Wildman–Crippen MR) is 217 cm³/mol. The maximum Gasteiger partial charge on any atom is 0.187 e. The Labute approximate surface area is 342 Å². The molecule has 0 saturated carbocycles. The van der Waals surface area contributed by atoms with Gasteiger partial charge >= 0.3 is 0 Å². The van der Waals surface area contributed by atoms with E-state index in [0.717, 1.165) is 84.7 Å². The minimum absolute atomic E-state index is 0.0352.